The molecule has 1 heterocycles. The van der Waals surface area contributed by atoms with Crippen LogP contribution in [0.3, 0.4) is 0 Å². The fourth-order valence-corrected chi connectivity index (χ4v) is 2.27. The van der Waals surface area contributed by atoms with Gasteiger partial charge >= 0.3 is 5.97 Å². The summed E-state index contributed by atoms with van der Waals surface area (Å²) in [5.41, 5.74) is 1.15. The molecule has 0 bridgehead atoms. The number of aromatic nitrogens is 1. The van der Waals surface area contributed by atoms with Crippen molar-refractivity contribution in [3.63, 3.8) is 0 Å². The van der Waals surface area contributed by atoms with Gasteiger partial charge in [-0.15, -0.1) is 0 Å². The van der Waals surface area contributed by atoms with Gasteiger partial charge in [0.25, 0.3) is 5.56 Å². The van der Waals surface area contributed by atoms with E-state index in [1.807, 2.05) is 6.07 Å². The molecule has 0 fully saturated rings. The molecule has 5 heteroatoms. The Morgan fingerprint density at radius 1 is 1.30 bits per heavy atom. The van der Waals surface area contributed by atoms with E-state index in [0.29, 0.717) is 22.5 Å². The second kappa shape index (κ2) is 5.02. The molecule has 1 aromatic carbocycles. The second-order valence-electron chi connectivity index (χ2n) is 4.40. The fourth-order valence-electron chi connectivity index (χ4n) is 2.27. The Kier molecular flexibility index (Phi) is 3.40. The van der Waals surface area contributed by atoms with Crippen LogP contribution in [0.25, 0.3) is 5.69 Å². The van der Waals surface area contributed by atoms with Crippen molar-refractivity contribution in [1.29, 1.82) is 5.26 Å². The van der Waals surface area contributed by atoms with Crippen molar-refractivity contribution in [2.24, 2.45) is 0 Å². The van der Waals surface area contributed by atoms with Gasteiger partial charge in [-0.3, -0.25) is 9.36 Å². The van der Waals surface area contributed by atoms with E-state index in [1.165, 1.54) is 10.6 Å². The van der Waals surface area contributed by atoms with Crippen molar-refractivity contribution < 1.29 is 9.90 Å². The van der Waals surface area contributed by atoms with Crippen LogP contribution < -0.4 is 5.56 Å². The molecule has 2 aromatic rings. The van der Waals surface area contributed by atoms with Gasteiger partial charge in [0.05, 0.1) is 16.8 Å². The predicted molar refractivity (Wildman–Crippen MR) is 73.2 cm³/mol. The highest BCUT2D eigenvalue weighted by Gasteiger charge is 2.17. The van der Waals surface area contributed by atoms with Gasteiger partial charge in [-0.1, -0.05) is 12.1 Å². The topological polar surface area (TPSA) is 83.1 Å². The minimum absolute atomic E-state index is 0.0809. The summed E-state index contributed by atoms with van der Waals surface area (Å²) in [7, 11) is 0. The molecule has 0 atom stereocenters. The number of carboxylic acid groups (broad SMARTS) is 1. The number of rotatable bonds is 2. The van der Waals surface area contributed by atoms with Gasteiger partial charge < -0.3 is 5.11 Å². The second-order valence-corrected chi connectivity index (χ2v) is 4.40. The molecule has 0 radical (unpaired) electrons. The quantitative estimate of drug-likeness (QED) is 0.903. The van der Waals surface area contributed by atoms with Gasteiger partial charge in [0.2, 0.25) is 0 Å². The zero-order chi connectivity index (χ0) is 14.9. The first-order valence-corrected chi connectivity index (χ1v) is 5.93. The van der Waals surface area contributed by atoms with E-state index >= 15 is 0 Å². The Hall–Kier alpha value is -2.87. The van der Waals surface area contributed by atoms with Crippen molar-refractivity contribution in [3.05, 3.63) is 63.1 Å². The summed E-state index contributed by atoms with van der Waals surface area (Å²) in [6.07, 6.45) is 0. The summed E-state index contributed by atoms with van der Waals surface area (Å²) in [6.45, 7) is 3.14. The van der Waals surface area contributed by atoms with Crippen molar-refractivity contribution in [2.45, 2.75) is 13.8 Å². The Bertz CT molecular complexity index is 798. The van der Waals surface area contributed by atoms with Crippen molar-refractivity contribution >= 4 is 5.97 Å². The van der Waals surface area contributed by atoms with Crippen LogP contribution in [0.4, 0.5) is 0 Å². The minimum atomic E-state index is -1.09. The Labute approximate surface area is 115 Å². The molecule has 0 spiro atoms. The number of nitrogens with zero attached hydrogens (tertiary/aromatic N) is 2. The third-order valence-corrected chi connectivity index (χ3v) is 3.13. The third kappa shape index (κ3) is 2.08. The zero-order valence-electron chi connectivity index (χ0n) is 11.0. The number of para-hydroxylation sites is 1. The van der Waals surface area contributed by atoms with Crippen molar-refractivity contribution in [1.82, 2.24) is 4.57 Å². The van der Waals surface area contributed by atoms with E-state index in [9.17, 15) is 14.7 Å². The Balaban J connectivity index is 2.89. The van der Waals surface area contributed by atoms with Crippen LogP contribution in [0.2, 0.25) is 0 Å². The molecule has 1 aromatic heterocycles. The lowest BCUT2D eigenvalue weighted by atomic mass is 10.1. The van der Waals surface area contributed by atoms with Crippen LogP contribution in [0.1, 0.15) is 27.2 Å². The first-order valence-electron chi connectivity index (χ1n) is 5.93. The van der Waals surface area contributed by atoms with E-state index in [0.717, 1.165) is 0 Å². The summed E-state index contributed by atoms with van der Waals surface area (Å²) in [5, 5.41) is 18.4. The average Bonchev–Trinajstić information content (AvgIpc) is 2.38. The van der Waals surface area contributed by atoms with Gasteiger partial charge in [-0.2, -0.15) is 5.26 Å². The van der Waals surface area contributed by atoms with Crippen LogP contribution in [0, 0.1) is 25.2 Å². The lowest BCUT2D eigenvalue weighted by molar-refractivity contribution is 0.0694. The summed E-state index contributed by atoms with van der Waals surface area (Å²) < 4.78 is 1.26. The van der Waals surface area contributed by atoms with E-state index in [2.05, 4.69) is 0 Å². The molecule has 5 nitrogen and oxygen atoms in total. The van der Waals surface area contributed by atoms with Crippen molar-refractivity contribution in [3.8, 4) is 11.8 Å². The lowest BCUT2D eigenvalue weighted by Gasteiger charge is -2.15. The predicted octanol–water partition coefficient (Wildman–Crippen LogP) is 2.02. The van der Waals surface area contributed by atoms with Crippen LogP contribution in [0.15, 0.2) is 35.1 Å². The van der Waals surface area contributed by atoms with Crippen LogP contribution in [-0.4, -0.2) is 15.6 Å². The molecule has 0 aliphatic rings. The van der Waals surface area contributed by atoms with Gasteiger partial charge in [-0.05, 0) is 31.5 Å². The molecule has 2 rings (SSSR count). The number of hydrogen-bond acceptors (Lipinski definition) is 3. The molecule has 0 saturated carbocycles. The van der Waals surface area contributed by atoms with E-state index < -0.39 is 5.97 Å². The number of aryl methyl sites for hydroxylation is 1. The first-order chi connectivity index (χ1) is 9.47. The summed E-state index contributed by atoms with van der Waals surface area (Å²) in [6, 6.07) is 9.86. The monoisotopic (exact) mass is 268 g/mol. The maximum Gasteiger partial charge on any atom is 0.337 e. The Morgan fingerprint density at radius 2 is 1.95 bits per heavy atom. The third-order valence-electron chi connectivity index (χ3n) is 3.13. The number of carboxylic acids is 1. The van der Waals surface area contributed by atoms with Gasteiger partial charge in [0, 0.05) is 11.8 Å². The molecular weight excluding hydrogens is 256 g/mol. The van der Waals surface area contributed by atoms with Crippen LogP contribution in [-0.2, 0) is 0 Å². The average molecular weight is 268 g/mol. The molecule has 1 N–H and O–H groups in total. The van der Waals surface area contributed by atoms with Gasteiger partial charge in [0.15, 0.2) is 0 Å². The zero-order valence-corrected chi connectivity index (χ0v) is 11.0. The fraction of sp³-hybridized carbons (Fsp3) is 0.133. The Morgan fingerprint density at radius 3 is 2.55 bits per heavy atom. The maximum atomic E-state index is 12.2. The molecule has 100 valence electrons. The molecule has 0 amide bonds. The molecule has 0 aliphatic heterocycles. The van der Waals surface area contributed by atoms with E-state index in [1.54, 1.807) is 38.1 Å². The van der Waals surface area contributed by atoms with Crippen molar-refractivity contribution in [2.75, 3.05) is 0 Å². The highest BCUT2D eigenvalue weighted by atomic mass is 16.4. The number of nitriles is 1. The molecule has 0 unspecified atom stereocenters. The van der Waals surface area contributed by atoms with Gasteiger partial charge in [0.1, 0.15) is 6.07 Å². The van der Waals surface area contributed by atoms with Gasteiger partial charge in [-0.25, -0.2) is 4.79 Å². The SMILES string of the molecule is Cc1cc(=O)n(-c2ccccc2C#N)c(C)c1C(=O)O. The normalized spacial score (nSPS) is 10.1. The molecule has 20 heavy (non-hydrogen) atoms. The lowest BCUT2D eigenvalue weighted by Crippen LogP contribution is -2.24. The highest BCUT2D eigenvalue weighted by molar-refractivity contribution is 5.90. The molecular formula is C15H12N2O3. The summed E-state index contributed by atoms with van der Waals surface area (Å²) in [5.74, 6) is -1.09. The number of pyridine rings is 1. The van der Waals surface area contributed by atoms with Crippen LogP contribution >= 0.6 is 0 Å². The van der Waals surface area contributed by atoms with Crippen LogP contribution in [0.5, 0.6) is 0 Å². The first kappa shape index (κ1) is 13.6. The molecule has 0 saturated heterocycles. The summed E-state index contributed by atoms with van der Waals surface area (Å²) >= 11 is 0. The minimum Gasteiger partial charge on any atom is -0.478 e. The number of carbonyl (C=O) groups is 1. The smallest absolute Gasteiger partial charge is 0.337 e. The standard InChI is InChI=1S/C15H12N2O3/c1-9-7-13(18)17(10(2)14(9)15(19)20)12-6-4-3-5-11(12)8-16/h3-7H,1-2H3,(H,19,20). The number of benzene rings is 1. The maximum absolute atomic E-state index is 12.2. The summed E-state index contributed by atoms with van der Waals surface area (Å²) in [4.78, 5) is 23.5. The van der Waals surface area contributed by atoms with E-state index in [4.69, 9.17) is 5.26 Å². The molecule has 0 aliphatic carbocycles. The largest absolute Gasteiger partial charge is 0.478 e. The highest BCUT2D eigenvalue weighted by Crippen LogP contribution is 2.18. The number of aromatic carboxylic acids is 1. The number of hydrogen-bond donors (Lipinski definition) is 1. The van der Waals surface area contributed by atoms with E-state index in [-0.39, 0.29) is 11.1 Å².